The van der Waals surface area contributed by atoms with Gasteiger partial charge in [0.2, 0.25) is 0 Å². The molecule has 0 aromatic heterocycles. The van der Waals surface area contributed by atoms with Gasteiger partial charge in [-0.25, -0.2) is 0 Å². The first-order valence-electron chi connectivity index (χ1n) is 9.44. The van der Waals surface area contributed by atoms with E-state index in [1.807, 2.05) is 0 Å². The molecule has 0 unspecified atom stereocenters. The summed E-state index contributed by atoms with van der Waals surface area (Å²) in [6.07, 6.45) is 8.23. The molecule has 0 aliphatic heterocycles. The van der Waals surface area contributed by atoms with E-state index in [1.165, 1.54) is 47.4 Å². The Kier molecular flexibility index (Phi) is 8.22. The second-order valence-corrected chi connectivity index (χ2v) is 19.1. The van der Waals surface area contributed by atoms with Crippen molar-refractivity contribution in [1.82, 2.24) is 0 Å². The maximum atomic E-state index is 2.43. The average molecular weight is 415 g/mol. The van der Waals surface area contributed by atoms with Gasteiger partial charge < -0.3 is 0 Å². The molecule has 0 heterocycles. The molecule has 0 atom stereocenters. The summed E-state index contributed by atoms with van der Waals surface area (Å²) >= 11 is -2.54. The zero-order valence-electron chi connectivity index (χ0n) is 14.9. The van der Waals surface area contributed by atoms with Crippen LogP contribution in [-0.2, 0) is 0 Å². The van der Waals surface area contributed by atoms with Crippen molar-refractivity contribution in [1.29, 1.82) is 0 Å². The number of hydrogen-bond acceptors (Lipinski definition) is 0. The molecule has 0 aliphatic carbocycles. The molecule has 2 aromatic rings. The van der Waals surface area contributed by atoms with E-state index in [1.54, 1.807) is 7.16 Å². The Bertz CT molecular complexity index is 493. The van der Waals surface area contributed by atoms with Crippen LogP contribution < -0.4 is 7.16 Å². The van der Waals surface area contributed by atoms with Gasteiger partial charge >= 0.3 is 147 Å². The Morgan fingerprint density at radius 2 is 1.04 bits per heavy atom. The molecule has 0 saturated carbocycles. The number of rotatable bonds is 10. The fourth-order valence-corrected chi connectivity index (χ4v) is 18.6. The third-order valence-electron chi connectivity index (χ3n) is 5.07. The van der Waals surface area contributed by atoms with Crippen LogP contribution in [0.25, 0.3) is 0 Å². The molecule has 0 N–H and O–H groups in total. The molecular formula is C22H32Sn. The van der Waals surface area contributed by atoms with Crippen LogP contribution in [0, 0.1) is 0 Å². The third kappa shape index (κ3) is 5.11. The van der Waals surface area contributed by atoms with Gasteiger partial charge in [-0.1, -0.05) is 0 Å². The fraction of sp³-hybridized carbons (Fsp3) is 0.455. The topological polar surface area (TPSA) is 0 Å². The van der Waals surface area contributed by atoms with E-state index in [4.69, 9.17) is 0 Å². The number of benzene rings is 2. The van der Waals surface area contributed by atoms with Crippen molar-refractivity contribution in [2.45, 2.75) is 61.2 Å². The summed E-state index contributed by atoms with van der Waals surface area (Å²) in [5.74, 6) is 0. The SMILES string of the molecule is CCCCC[CH2][Sn]([CH2]CCC)([c]1ccccc1)[c]1ccccc1. The van der Waals surface area contributed by atoms with E-state index in [0.717, 1.165) is 0 Å². The van der Waals surface area contributed by atoms with Gasteiger partial charge in [0.15, 0.2) is 0 Å². The first-order valence-corrected chi connectivity index (χ1v) is 16.3. The summed E-state index contributed by atoms with van der Waals surface area (Å²) in [5.41, 5.74) is 0. The quantitative estimate of drug-likeness (QED) is 0.349. The Balaban J connectivity index is 2.36. The minimum atomic E-state index is -2.54. The molecule has 0 nitrogen and oxygen atoms in total. The molecule has 0 saturated heterocycles. The van der Waals surface area contributed by atoms with Crippen molar-refractivity contribution < 1.29 is 0 Å². The van der Waals surface area contributed by atoms with Crippen LogP contribution in [0.15, 0.2) is 60.7 Å². The van der Waals surface area contributed by atoms with Crippen molar-refractivity contribution in [3.63, 3.8) is 0 Å². The molecular weight excluding hydrogens is 383 g/mol. The molecule has 0 radical (unpaired) electrons. The van der Waals surface area contributed by atoms with E-state index in [2.05, 4.69) is 74.5 Å². The van der Waals surface area contributed by atoms with Crippen molar-refractivity contribution in [3.05, 3.63) is 60.7 Å². The van der Waals surface area contributed by atoms with E-state index >= 15 is 0 Å². The molecule has 0 spiro atoms. The van der Waals surface area contributed by atoms with Crippen LogP contribution in [0.3, 0.4) is 0 Å². The first kappa shape index (κ1) is 18.6. The van der Waals surface area contributed by atoms with Gasteiger partial charge in [-0.05, 0) is 0 Å². The van der Waals surface area contributed by atoms with Crippen LogP contribution >= 0.6 is 0 Å². The summed E-state index contributed by atoms with van der Waals surface area (Å²) in [5, 5.41) is 0. The Hall–Kier alpha value is -0.761. The van der Waals surface area contributed by atoms with Crippen molar-refractivity contribution in [2.75, 3.05) is 0 Å². The van der Waals surface area contributed by atoms with Gasteiger partial charge in [0, 0.05) is 0 Å². The normalized spacial score (nSPS) is 11.6. The molecule has 23 heavy (non-hydrogen) atoms. The standard InChI is InChI=1S/2C6H5.C6H13.C4H9.Sn/c2*1-2-4-6-5-3-1;1-3-5-6-4-2;1-3-4-2;/h2*1-5H;1,3-6H2,2H3;1,3-4H2,2H3;. The monoisotopic (exact) mass is 416 g/mol. The summed E-state index contributed by atoms with van der Waals surface area (Å²) in [6, 6.07) is 23.1. The van der Waals surface area contributed by atoms with Gasteiger partial charge in [0.05, 0.1) is 0 Å². The van der Waals surface area contributed by atoms with Crippen LogP contribution in [0.5, 0.6) is 0 Å². The van der Waals surface area contributed by atoms with Crippen LogP contribution in [0.1, 0.15) is 52.4 Å². The molecule has 0 amide bonds. The van der Waals surface area contributed by atoms with Crippen molar-refractivity contribution in [3.8, 4) is 0 Å². The molecule has 124 valence electrons. The predicted octanol–water partition coefficient (Wildman–Crippen LogP) is 5.63. The van der Waals surface area contributed by atoms with Gasteiger partial charge in [0.1, 0.15) is 0 Å². The first-order chi connectivity index (χ1) is 11.3. The van der Waals surface area contributed by atoms with Crippen molar-refractivity contribution in [2.24, 2.45) is 0 Å². The second kappa shape index (κ2) is 10.2. The van der Waals surface area contributed by atoms with Crippen molar-refractivity contribution >= 4 is 25.5 Å². The van der Waals surface area contributed by atoms with Gasteiger partial charge in [-0.3, -0.25) is 0 Å². The summed E-state index contributed by atoms with van der Waals surface area (Å²) in [7, 11) is 0. The molecule has 1 heteroatoms. The van der Waals surface area contributed by atoms with E-state index in [9.17, 15) is 0 Å². The number of unbranched alkanes of at least 4 members (excludes halogenated alkanes) is 4. The summed E-state index contributed by atoms with van der Waals surface area (Å²) < 4.78 is 6.35. The predicted molar refractivity (Wildman–Crippen MR) is 107 cm³/mol. The maximum absolute atomic E-state index is 2.54. The third-order valence-corrected chi connectivity index (χ3v) is 20.2. The molecule has 2 rings (SSSR count). The van der Waals surface area contributed by atoms with Gasteiger partial charge in [0.25, 0.3) is 0 Å². The second-order valence-electron chi connectivity index (χ2n) is 6.73. The number of hydrogen-bond donors (Lipinski definition) is 0. The summed E-state index contributed by atoms with van der Waals surface area (Å²) in [6.45, 7) is 4.64. The zero-order chi connectivity index (χ0) is 16.4. The summed E-state index contributed by atoms with van der Waals surface area (Å²) in [4.78, 5) is 0. The van der Waals surface area contributed by atoms with Crippen LogP contribution in [-0.4, -0.2) is 18.4 Å². The van der Waals surface area contributed by atoms with Gasteiger partial charge in [-0.15, -0.1) is 0 Å². The molecule has 0 bridgehead atoms. The van der Waals surface area contributed by atoms with E-state index in [0.29, 0.717) is 0 Å². The van der Waals surface area contributed by atoms with Crippen LogP contribution in [0.4, 0.5) is 0 Å². The molecule has 0 aliphatic rings. The van der Waals surface area contributed by atoms with Crippen LogP contribution in [0.2, 0.25) is 8.87 Å². The zero-order valence-corrected chi connectivity index (χ0v) is 17.8. The Labute approximate surface area is 147 Å². The van der Waals surface area contributed by atoms with Gasteiger partial charge in [-0.2, -0.15) is 0 Å². The fourth-order valence-electron chi connectivity index (χ4n) is 3.72. The average Bonchev–Trinajstić information content (AvgIpc) is 2.63. The van der Waals surface area contributed by atoms with E-state index < -0.39 is 18.4 Å². The molecule has 2 aromatic carbocycles. The molecule has 0 fully saturated rings. The van der Waals surface area contributed by atoms with E-state index in [-0.39, 0.29) is 0 Å². The minimum absolute atomic E-state index is 1.31. The Morgan fingerprint density at radius 1 is 0.565 bits per heavy atom. The Morgan fingerprint density at radius 3 is 1.52 bits per heavy atom.